The fourth-order valence-electron chi connectivity index (χ4n) is 2.38. The summed E-state index contributed by atoms with van der Waals surface area (Å²) in [7, 11) is 0. The van der Waals surface area contributed by atoms with Gasteiger partial charge in [-0.05, 0) is 37.9 Å². The highest BCUT2D eigenvalue weighted by atomic mass is 19.1. The topological polar surface area (TPSA) is 84.2 Å². The Labute approximate surface area is 120 Å². The second-order valence-corrected chi connectivity index (χ2v) is 5.12. The van der Waals surface area contributed by atoms with Crippen LogP contribution in [0.15, 0.2) is 12.1 Å². The van der Waals surface area contributed by atoms with Crippen molar-refractivity contribution >= 4 is 17.5 Å². The molecule has 1 heterocycles. The highest BCUT2D eigenvalue weighted by Gasteiger charge is 2.19. The fraction of sp³-hybridized carbons (Fsp3) is 0.429. The van der Waals surface area contributed by atoms with Crippen LogP contribution in [0.3, 0.4) is 0 Å². The van der Waals surface area contributed by atoms with Crippen LogP contribution >= 0.6 is 0 Å². The van der Waals surface area contributed by atoms with Crippen molar-refractivity contribution in [3.8, 4) is 0 Å². The van der Waals surface area contributed by atoms with Gasteiger partial charge in [-0.1, -0.05) is 0 Å². The summed E-state index contributed by atoms with van der Waals surface area (Å²) in [4.78, 5) is 22.9. The van der Waals surface area contributed by atoms with E-state index in [1.165, 1.54) is 0 Å². The molecule has 1 aliphatic rings. The molecule has 0 bridgehead atoms. The SMILES string of the molecule is NC(=O)c1cc(NC(=O)CC2CCNCC2)c(F)cc1F. The lowest BCUT2D eigenvalue weighted by Crippen LogP contribution is -2.30. The van der Waals surface area contributed by atoms with Gasteiger partial charge in [0, 0.05) is 12.5 Å². The summed E-state index contributed by atoms with van der Waals surface area (Å²) < 4.78 is 26.9. The molecule has 114 valence electrons. The van der Waals surface area contributed by atoms with Gasteiger partial charge in [0.25, 0.3) is 5.91 Å². The van der Waals surface area contributed by atoms with E-state index in [0.717, 1.165) is 32.0 Å². The van der Waals surface area contributed by atoms with Gasteiger partial charge >= 0.3 is 0 Å². The summed E-state index contributed by atoms with van der Waals surface area (Å²) in [5.74, 6) is -3.11. The number of benzene rings is 1. The summed E-state index contributed by atoms with van der Waals surface area (Å²) in [6.45, 7) is 1.71. The maximum Gasteiger partial charge on any atom is 0.251 e. The standard InChI is InChI=1S/C14H17F2N3O2/c15-10-7-11(16)12(6-9(10)14(17)21)19-13(20)5-8-1-3-18-4-2-8/h6-8,18H,1-5H2,(H2,17,21)(H,19,20). The second kappa shape index (κ2) is 6.62. The minimum atomic E-state index is -1.05. The van der Waals surface area contributed by atoms with Crippen molar-refractivity contribution in [1.82, 2.24) is 5.32 Å². The molecule has 2 rings (SSSR count). The molecule has 5 nitrogen and oxygen atoms in total. The Kier molecular flexibility index (Phi) is 4.85. The molecule has 0 unspecified atom stereocenters. The van der Waals surface area contributed by atoms with Gasteiger partial charge in [0.2, 0.25) is 5.91 Å². The van der Waals surface area contributed by atoms with E-state index in [-0.39, 0.29) is 23.9 Å². The molecule has 0 radical (unpaired) electrons. The lowest BCUT2D eigenvalue weighted by molar-refractivity contribution is -0.117. The minimum Gasteiger partial charge on any atom is -0.366 e. The fourth-order valence-corrected chi connectivity index (χ4v) is 2.38. The number of primary amides is 1. The average molecular weight is 297 g/mol. The molecule has 0 spiro atoms. The molecule has 1 fully saturated rings. The maximum atomic E-state index is 13.6. The van der Waals surface area contributed by atoms with E-state index in [4.69, 9.17) is 5.73 Å². The number of nitrogens with two attached hydrogens (primary N) is 1. The van der Waals surface area contributed by atoms with E-state index in [2.05, 4.69) is 10.6 Å². The van der Waals surface area contributed by atoms with Crippen LogP contribution in [0.2, 0.25) is 0 Å². The number of anilines is 1. The van der Waals surface area contributed by atoms with Gasteiger partial charge in [0.15, 0.2) is 0 Å². The summed E-state index contributed by atoms with van der Waals surface area (Å²) in [5, 5.41) is 5.56. The van der Waals surface area contributed by atoms with E-state index in [0.29, 0.717) is 6.07 Å². The van der Waals surface area contributed by atoms with Crippen molar-refractivity contribution in [3.05, 3.63) is 29.3 Å². The zero-order chi connectivity index (χ0) is 15.4. The largest absolute Gasteiger partial charge is 0.366 e. The summed E-state index contributed by atoms with van der Waals surface area (Å²) in [6.07, 6.45) is 2.03. The molecule has 1 aliphatic heterocycles. The highest BCUT2D eigenvalue weighted by molar-refractivity contribution is 5.96. The maximum absolute atomic E-state index is 13.6. The van der Waals surface area contributed by atoms with Crippen LogP contribution in [0.1, 0.15) is 29.6 Å². The number of nitrogens with one attached hydrogen (secondary N) is 2. The zero-order valence-corrected chi connectivity index (χ0v) is 11.4. The van der Waals surface area contributed by atoms with Gasteiger partial charge in [0.05, 0.1) is 11.3 Å². The van der Waals surface area contributed by atoms with E-state index >= 15 is 0 Å². The first-order chi connectivity index (χ1) is 9.97. The van der Waals surface area contributed by atoms with E-state index in [1.54, 1.807) is 0 Å². The van der Waals surface area contributed by atoms with Gasteiger partial charge in [-0.2, -0.15) is 0 Å². The van der Waals surface area contributed by atoms with Crippen LogP contribution in [-0.2, 0) is 4.79 Å². The second-order valence-electron chi connectivity index (χ2n) is 5.12. The van der Waals surface area contributed by atoms with Gasteiger partial charge < -0.3 is 16.4 Å². The van der Waals surface area contributed by atoms with Crippen LogP contribution in [0, 0.1) is 17.6 Å². The lowest BCUT2D eigenvalue weighted by Gasteiger charge is -2.22. The molecule has 0 aromatic heterocycles. The number of hydrogen-bond donors (Lipinski definition) is 3. The molecule has 7 heteroatoms. The summed E-state index contributed by atoms with van der Waals surface area (Å²) in [5.41, 5.74) is 4.31. The van der Waals surface area contributed by atoms with Crippen LogP contribution in [0.5, 0.6) is 0 Å². The number of carbonyl (C=O) groups excluding carboxylic acids is 2. The molecule has 4 N–H and O–H groups in total. The first-order valence-electron chi connectivity index (χ1n) is 6.76. The predicted octanol–water partition coefficient (Wildman–Crippen LogP) is 1.39. The number of amides is 2. The molecule has 0 atom stereocenters. The van der Waals surface area contributed by atoms with E-state index in [1.807, 2.05) is 0 Å². The molecule has 1 aromatic carbocycles. The summed E-state index contributed by atoms with van der Waals surface area (Å²) >= 11 is 0. The normalized spacial score (nSPS) is 15.7. The first kappa shape index (κ1) is 15.4. The Morgan fingerprint density at radius 1 is 1.24 bits per heavy atom. The van der Waals surface area contributed by atoms with E-state index < -0.39 is 23.1 Å². The highest BCUT2D eigenvalue weighted by Crippen LogP contribution is 2.21. The van der Waals surface area contributed by atoms with Crippen molar-refractivity contribution < 1.29 is 18.4 Å². The predicted molar refractivity (Wildman–Crippen MR) is 73.7 cm³/mol. The molecular formula is C14H17F2N3O2. The van der Waals surface area contributed by atoms with Crippen molar-refractivity contribution in [1.29, 1.82) is 0 Å². The number of hydrogen-bond acceptors (Lipinski definition) is 3. The molecule has 21 heavy (non-hydrogen) atoms. The lowest BCUT2D eigenvalue weighted by atomic mass is 9.94. The van der Waals surface area contributed by atoms with Gasteiger partial charge in [-0.15, -0.1) is 0 Å². The Balaban J connectivity index is 2.06. The zero-order valence-electron chi connectivity index (χ0n) is 11.4. The third-order valence-corrected chi connectivity index (χ3v) is 3.53. The van der Waals surface area contributed by atoms with E-state index in [9.17, 15) is 18.4 Å². The quantitative estimate of drug-likeness (QED) is 0.785. The monoisotopic (exact) mass is 297 g/mol. The van der Waals surface area contributed by atoms with Gasteiger partial charge in [-0.25, -0.2) is 8.78 Å². The van der Waals surface area contributed by atoms with Gasteiger partial charge in [0.1, 0.15) is 11.6 Å². The Bertz CT molecular complexity index is 557. The number of rotatable bonds is 4. The number of halogens is 2. The van der Waals surface area contributed by atoms with Crippen LogP contribution in [-0.4, -0.2) is 24.9 Å². The van der Waals surface area contributed by atoms with Crippen molar-refractivity contribution in [2.24, 2.45) is 11.7 Å². The van der Waals surface area contributed by atoms with Crippen molar-refractivity contribution in [3.63, 3.8) is 0 Å². The van der Waals surface area contributed by atoms with Gasteiger partial charge in [-0.3, -0.25) is 9.59 Å². The summed E-state index contributed by atoms with van der Waals surface area (Å²) in [6, 6.07) is 1.47. The first-order valence-corrected chi connectivity index (χ1v) is 6.76. The number of carbonyl (C=O) groups is 2. The Morgan fingerprint density at radius 3 is 2.52 bits per heavy atom. The van der Waals surface area contributed by atoms with Crippen molar-refractivity contribution in [2.75, 3.05) is 18.4 Å². The third kappa shape index (κ3) is 3.98. The Hall–Kier alpha value is -2.02. The Morgan fingerprint density at radius 2 is 1.90 bits per heavy atom. The smallest absolute Gasteiger partial charge is 0.251 e. The van der Waals surface area contributed by atoms with Crippen LogP contribution in [0.4, 0.5) is 14.5 Å². The molecule has 0 aliphatic carbocycles. The van der Waals surface area contributed by atoms with Crippen molar-refractivity contribution in [2.45, 2.75) is 19.3 Å². The molecule has 2 amide bonds. The molecule has 1 saturated heterocycles. The van der Waals surface area contributed by atoms with Crippen LogP contribution in [0.25, 0.3) is 0 Å². The third-order valence-electron chi connectivity index (χ3n) is 3.53. The number of piperidine rings is 1. The van der Waals surface area contributed by atoms with Crippen LogP contribution < -0.4 is 16.4 Å². The average Bonchev–Trinajstić information content (AvgIpc) is 2.42. The minimum absolute atomic E-state index is 0.232. The molecule has 1 aromatic rings. The molecular weight excluding hydrogens is 280 g/mol. The molecule has 0 saturated carbocycles.